The number of hydrogen-bond donors (Lipinski definition) is 1. The van der Waals surface area contributed by atoms with Crippen LogP contribution in [0.5, 0.6) is 0 Å². The summed E-state index contributed by atoms with van der Waals surface area (Å²) in [6.07, 6.45) is -5.19. The topological polar surface area (TPSA) is 88.8 Å². The van der Waals surface area contributed by atoms with Crippen molar-refractivity contribution in [1.82, 2.24) is 4.57 Å². The van der Waals surface area contributed by atoms with E-state index in [1.807, 2.05) is 0 Å². The number of ether oxygens (including phenoxy) is 1. The molecule has 1 aromatic rings. The lowest BCUT2D eigenvalue weighted by Crippen LogP contribution is -2.40. The highest BCUT2D eigenvalue weighted by molar-refractivity contribution is 6.05. The molecule has 1 aromatic heterocycles. The van der Waals surface area contributed by atoms with Gasteiger partial charge >= 0.3 is 24.0 Å². The molecule has 0 spiro atoms. The second-order valence-corrected chi connectivity index (χ2v) is 6.75. The van der Waals surface area contributed by atoms with E-state index in [1.54, 1.807) is 20.8 Å². The highest BCUT2D eigenvalue weighted by Crippen LogP contribution is 2.33. The third kappa shape index (κ3) is 4.55. The Morgan fingerprint density at radius 2 is 1.65 bits per heavy atom. The molecule has 146 valence electrons. The summed E-state index contributed by atoms with van der Waals surface area (Å²) in [4.78, 5) is 35.5. The van der Waals surface area contributed by atoms with Crippen LogP contribution in [-0.2, 0) is 20.9 Å². The summed E-state index contributed by atoms with van der Waals surface area (Å²) in [5.74, 6) is -4.99. The molecular weight excluding hydrogens is 357 g/mol. The number of carboxylic acid groups (broad SMARTS) is 1. The zero-order chi connectivity index (χ0) is 20.6. The Hall–Kier alpha value is -2.52. The van der Waals surface area contributed by atoms with E-state index in [9.17, 15) is 27.6 Å². The number of carboxylic acids is 1. The second kappa shape index (κ2) is 7.00. The minimum absolute atomic E-state index is 0.224. The van der Waals surface area contributed by atoms with Gasteiger partial charge in [-0.25, -0.2) is 4.79 Å². The van der Waals surface area contributed by atoms with Gasteiger partial charge in [0, 0.05) is 12.7 Å². The van der Waals surface area contributed by atoms with Crippen LogP contribution in [0.4, 0.5) is 19.0 Å². The van der Waals surface area contributed by atoms with Crippen molar-refractivity contribution < 1.29 is 37.4 Å². The molecule has 0 aliphatic rings. The highest BCUT2D eigenvalue weighted by Gasteiger charge is 2.44. The molecular formula is C16H21F3N2O5. The maximum atomic E-state index is 12.9. The van der Waals surface area contributed by atoms with E-state index in [4.69, 9.17) is 9.84 Å². The summed E-state index contributed by atoms with van der Waals surface area (Å²) in [7, 11) is 0.830. The molecule has 0 unspecified atom stereocenters. The number of alkyl halides is 3. The van der Waals surface area contributed by atoms with E-state index in [1.165, 1.54) is 13.8 Å². The molecule has 0 fully saturated rings. The Morgan fingerprint density at radius 3 is 2.04 bits per heavy atom. The van der Waals surface area contributed by atoms with Gasteiger partial charge in [0.05, 0.1) is 0 Å². The zero-order valence-electron chi connectivity index (χ0n) is 15.3. The fraction of sp³-hybridized carbons (Fsp3) is 0.562. The summed E-state index contributed by atoms with van der Waals surface area (Å²) in [6.45, 7) is 6.90. The van der Waals surface area contributed by atoms with E-state index in [-0.39, 0.29) is 21.7 Å². The molecule has 1 heterocycles. The molecule has 0 saturated heterocycles. The second-order valence-electron chi connectivity index (χ2n) is 6.75. The van der Waals surface area contributed by atoms with Crippen LogP contribution < -0.4 is 4.90 Å². The maximum absolute atomic E-state index is 12.9. The molecule has 1 rings (SSSR count). The normalized spacial score (nSPS) is 12.0. The molecule has 0 saturated carbocycles. The van der Waals surface area contributed by atoms with Gasteiger partial charge in [0.2, 0.25) is 0 Å². The standard InChI is InChI=1S/C16H21F3N2O5/c1-8-9(2)21(7-10(22)23)12(20(6)14(25)16(17,18)19)11(8)13(24)26-15(3,4)5/h7H2,1-6H3,(H,22,23). The molecule has 26 heavy (non-hydrogen) atoms. The maximum Gasteiger partial charge on any atom is 0.471 e. The first-order valence-electron chi connectivity index (χ1n) is 7.57. The van der Waals surface area contributed by atoms with Gasteiger partial charge in [-0.05, 0) is 40.2 Å². The van der Waals surface area contributed by atoms with Gasteiger partial charge < -0.3 is 14.4 Å². The van der Waals surface area contributed by atoms with Gasteiger partial charge in [-0.3, -0.25) is 14.5 Å². The molecule has 7 nitrogen and oxygen atoms in total. The van der Waals surface area contributed by atoms with Gasteiger partial charge in [-0.15, -0.1) is 0 Å². The zero-order valence-corrected chi connectivity index (χ0v) is 15.3. The Kier molecular flexibility index (Phi) is 5.80. The number of halogens is 3. The van der Waals surface area contributed by atoms with Crippen LogP contribution in [0.3, 0.4) is 0 Å². The lowest BCUT2D eigenvalue weighted by atomic mass is 10.1. The number of anilines is 1. The summed E-state index contributed by atoms with van der Waals surface area (Å²) in [6, 6.07) is 0. The molecule has 0 radical (unpaired) electrons. The Bertz CT molecular complexity index is 745. The van der Waals surface area contributed by atoms with Crippen LogP contribution in [0, 0.1) is 13.8 Å². The van der Waals surface area contributed by atoms with E-state index < -0.39 is 42.0 Å². The minimum atomic E-state index is -5.19. The summed E-state index contributed by atoms with van der Waals surface area (Å²) in [5.41, 5.74) is -0.739. The van der Waals surface area contributed by atoms with Gasteiger partial charge in [-0.1, -0.05) is 0 Å². The van der Waals surface area contributed by atoms with E-state index >= 15 is 0 Å². The fourth-order valence-corrected chi connectivity index (χ4v) is 2.38. The Balaban J connectivity index is 3.66. The number of carbonyl (C=O) groups excluding carboxylic acids is 2. The molecule has 0 bridgehead atoms. The number of rotatable bonds is 4. The lowest BCUT2D eigenvalue weighted by Gasteiger charge is -2.24. The Morgan fingerprint density at radius 1 is 1.15 bits per heavy atom. The van der Waals surface area contributed by atoms with Crippen molar-refractivity contribution in [2.75, 3.05) is 11.9 Å². The van der Waals surface area contributed by atoms with Crippen LogP contribution in [0.25, 0.3) is 0 Å². The van der Waals surface area contributed by atoms with Crippen LogP contribution in [0.1, 0.15) is 42.4 Å². The predicted molar refractivity (Wildman–Crippen MR) is 86.2 cm³/mol. The van der Waals surface area contributed by atoms with Crippen LogP contribution in [0.15, 0.2) is 0 Å². The molecule has 0 aliphatic heterocycles. The average molecular weight is 378 g/mol. The van der Waals surface area contributed by atoms with E-state index in [0.717, 1.165) is 11.6 Å². The number of hydrogen-bond acceptors (Lipinski definition) is 4. The van der Waals surface area contributed by atoms with Crippen molar-refractivity contribution in [2.45, 2.75) is 52.9 Å². The predicted octanol–water partition coefficient (Wildman–Crippen LogP) is 2.67. The van der Waals surface area contributed by atoms with Crippen molar-refractivity contribution in [3.05, 3.63) is 16.8 Å². The molecule has 10 heteroatoms. The molecule has 0 aliphatic carbocycles. The van der Waals surface area contributed by atoms with Crippen LogP contribution >= 0.6 is 0 Å². The molecule has 1 amide bonds. The van der Waals surface area contributed by atoms with Gasteiger partial charge in [0.25, 0.3) is 0 Å². The van der Waals surface area contributed by atoms with Crippen molar-refractivity contribution in [1.29, 1.82) is 0 Å². The first-order chi connectivity index (χ1) is 11.6. The van der Waals surface area contributed by atoms with E-state index in [0.29, 0.717) is 0 Å². The average Bonchev–Trinajstić information content (AvgIpc) is 2.67. The number of aliphatic carboxylic acids is 1. The third-order valence-electron chi connectivity index (χ3n) is 3.56. The number of carbonyl (C=O) groups is 3. The van der Waals surface area contributed by atoms with Crippen molar-refractivity contribution in [3.63, 3.8) is 0 Å². The minimum Gasteiger partial charge on any atom is -0.480 e. The van der Waals surface area contributed by atoms with Gasteiger partial charge in [-0.2, -0.15) is 13.2 Å². The quantitative estimate of drug-likeness (QED) is 0.814. The fourth-order valence-electron chi connectivity index (χ4n) is 2.38. The van der Waals surface area contributed by atoms with Crippen LogP contribution in [-0.4, -0.2) is 46.3 Å². The molecule has 0 aromatic carbocycles. The number of aromatic nitrogens is 1. The van der Waals surface area contributed by atoms with Crippen molar-refractivity contribution in [2.24, 2.45) is 0 Å². The smallest absolute Gasteiger partial charge is 0.471 e. The summed E-state index contributed by atoms with van der Waals surface area (Å²) >= 11 is 0. The lowest BCUT2D eigenvalue weighted by molar-refractivity contribution is -0.170. The van der Waals surface area contributed by atoms with Crippen LogP contribution in [0.2, 0.25) is 0 Å². The number of esters is 1. The van der Waals surface area contributed by atoms with Gasteiger partial charge in [0.15, 0.2) is 0 Å². The van der Waals surface area contributed by atoms with Gasteiger partial charge in [0.1, 0.15) is 23.5 Å². The molecule has 1 N–H and O–H groups in total. The largest absolute Gasteiger partial charge is 0.480 e. The monoisotopic (exact) mass is 378 g/mol. The molecule has 0 atom stereocenters. The van der Waals surface area contributed by atoms with E-state index in [2.05, 4.69) is 0 Å². The number of nitrogens with zero attached hydrogens (tertiary/aromatic N) is 2. The highest BCUT2D eigenvalue weighted by atomic mass is 19.4. The van der Waals surface area contributed by atoms with Crippen molar-refractivity contribution in [3.8, 4) is 0 Å². The summed E-state index contributed by atoms with van der Waals surface area (Å²) in [5, 5.41) is 9.06. The first-order valence-corrected chi connectivity index (χ1v) is 7.57. The Labute approximate surface area is 148 Å². The van der Waals surface area contributed by atoms with Crippen molar-refractivity contribution >= 4 is 23.7 Å². The summed E-state index contributed by atoms with van der Waals surface area (Å²) < 4.78 is 44.8. The SMILES string of the molecule is Cc1c(C(=O)OC(C)(C)C)c(N(C)C(=O)C(F)(F)F)n(CC(=O)O)c1C. The first kappa shape index (κ1) is 21.5. The number of amides is 1. The third-order valence-corrected chi connectivity index (χ3v) is 3.56.